The maximum absolute atomic E-state index is 13.6. The molecule has 0 aliphatic carbocycles. The summed E-state index contributed by atoms with van der Waals surface area (Å²) in [7, 11) is 0. The van der Waals surface area contributed by atoms with Crippen LogP contribution in [0.25, 0.3) is 10.2 Å². The standard InChI is InChI=1S/C19H17F2N3O3S/c1-2-27-12-4-6-15-16(10-12)28-19(23-15)24-17(25)7-8-22-18(26)13-5-3-11(20)9-14(13)21/h3-6,9-10H,2,7-8H2,1H3,(H,22,26)(H,23,24,25). The number of fused-ring (bicyclic) bond motifs is 1. The van der Waals surface area contributed by atoms with Crippen LogP contribution in [0.4, 0.5) is 13.9 Å². The maximum atomic E-state index is 13.6. The number of ether oxygens (including phenoxy) is 1. The van der Waals surface area contributed by atoms with E-state index in [-0.39, 0.29) is 24.4 Å². The first kappa shape index (κ1) is 19.7. The minimum absolute atomic E-state index is 0.000859. The fraction of sp³-hybridized carbons (Fsp3) is 0.211. The van der Waals surface area contributed by atoms with Crippen molar-refractivity contribution in [3.05, 3.63) is 53.6 Å². The van der Waals surface area contributed by atoms with Crippen LogP contribution in [0.1, 0.15) is 23.7 Å². The molecule has 9 heteroatoms. The molecule has 0 aliphatic heterocycles. The molecule has 0 saturated carbocycles. The third-order valence-corrected chi connectivity index (χ3v) is 4.66. The van der Waals surface area contributed by atoms with E-state index >= 15 is 0 Å². The van der Waals surface area contributed by atoms with Crippen LogP contribution in [0.15, 0.2) is 36.4 Å². The second-order valence-corrected chi connectivity index (χ2v) is 6.79. The lowest BCUT2D eigenvalue weighted by Crippen LogP contribution is -2.28. The van der Waals surface area contributed by atoms with E-state index < -0.39 is 17.5 Å². The zero-order valence-electron chi connectivity index (χ0n) is 14.9. The van der Waals surface area contributed by atoms with Crippen molar-refractivity contribution in [3.8, 4) is 5.75 Å². The average molecular weight is 405 g/mol. The fourth-order valence-corrected chi connectivity index (χ4v) is 3.37. The Bertz CT molecular complexity index is 1020. The van der Waals surface area contributed by atoms with Gasteiger partial charge in [-0.15, -0.1) is 0 Å². The Morgan fingerprint density at radius 1 is 1.18 bits per heavy atom. The van der Waals surface area contributed by atoms with Gasteiger partial charge in [0, 0.05) is 19.0 Å². The van der Waals surface area contributed by atoms with Gasteiger partial charge in [-0.25, -0.2) is 13.8 Å². The zero-order chi connectivity index (χ0) is 20.1. The van der Waals surface area contributed by atoms with E-state index in [1.807, 2.05) is 19.1 Å². The largest absolute Gasteiger partial charge is 0.494 e. The van der Waals surface area contributed by atoms with Crippen molar-refractivity contribution < 1.29 is 23.1 Å². The number of amides is 2. The van der Waals surface area contributed by atoms with E-state index in [9.17, 15) is 18.4 Å². The molecular weight excluding hydrogens is 388 g/mol. The highest BCUT2D eigenvalue weighted by molar-refractivity contribution is 7.22. The molecule has 1 heterocycles. The van der Waals surface area contributed by atoms with Gasteiger partial charge in [0.05, 0.1) is 22.4 Å². The maximum Gasteiger partial charge on any atom is 0.254 e. The smallest absolute Gasteiger partial charge is 0.254 e. The summed E-state index contributed by atoms with van der Waals surface area (Å²) in [6.45, 7) is 2.45. The first-order valence-electron chi connectivity index (χ1n) is 8.52. The fourth-order valence-electron chi connectivity index (χ4n) is 2.46. The van der Waals surface area contributed by atoms with Gasteiger partial charge in [0.1, 0.15) is 17.4 Å². The van der Waals surface area contributed by atoms with Crippen molar-refractivity contribution in [2.75, 3.05) is 18.5 Å². The summed E-state index contributed by atoms with van der Waals surface area (Å²) >= 11 is 1.31. The Balaban J connectivity index is 1.52. The summed E-state index contributed by atoms with van der Waals surface area (Å²) in [5, 5.41) is 5.53. The Labute approximate surface area is 163 Å². The minimum atomic E-state index is -0.956. The molecule has 146 valence electrons. The molecule has 1 aromatic heterocycles. The lowest BCUT2D eigenvalue weighted by Gasteiger charge is -2.06. The summed E-state index contributed by atoms with van der Waals surface area (Å²) < 4.78 is 32.7. The van der Waals surface area contributed by atoms with Crippen molar-refractivity contribution in [2.45, 2.75) is 13.3 Å². The summed E-state index contributed by atoms with van der Waals surface area (Å²) in [5.74, 6) is -2.05. The number of rotatable bonds is 7. The molecule has 2 N–H and O–H groups in total. The average Bonchev–Trinajstić information content (AvgIpc) is 3.03. The van der Waals surface area contributed by atoms with Crippen molar-refractivity contribution in [1.82, 2.24) is 10.3 Å². The minimum Gasteiger partial charge on any atom is -0.494 e. The van der Waals surface area contributed by atoms with Gasteiger partial charge in [-0.1, -0.05) is 11.3 Å². The molecule has 2 aromatic carbocycles. The van der Waals surface area contributed by atoms with Crippen LogP contribution in [0.5, 0.6) is 5.75 Å². The predicted octanol–water partition coefficient (Wildman–Crippen LogP) is 3.73. The lowest BCUT2D eigenvalue weighted by atomic mass is 10.2. The Kier molecular flexibility index (Phi) is 6.15. The van der Waals surface area contributed by atoms with E-state index in [4.69, 9.17) is 4.74 Å². The number of anilines is 1. The highest BCUT2D eigenvalue weighted by atomic mass is 32.1. The first-order chi connectivity index (χ1) is 13.5. The molecule has 6 nitrogen and oxygen atoms in total. The summed E-state index contributed by atoms with van der Waals surface area (Å²) in [4.78, 5) is 28.3. The Hall–Kier alpha value is -3.07. The summed E-state index contributed by atoms with van der Waals surface area (Å²) in [6.07, 6.45) is -0.0192. The number of aromatic nitrogens is 1. The molecule has 0 saturated heterocycles. The molecule has 0 spiro atoms. The van der Waals surface area contributed by atoms with Crippen molar-refractivity contribution in [2.24, 2.45) is 0 Å². The van der Waals surface area contributed by atoms with Crippen LogP contribution in [-0.4, -0.2) is 29.9 Å². The highest BCUT2D eigenvalue weighted by Gasteiger charge is 2.13. The second kappa shape index (κ2) is 8.75. The summed E-state index contributed by atoms with van der Waals surface area (Å²) in [5.41, 5.74) is 0.460. The van der Waals surface area contributed by atoms with Crippen LogP contribution >= 0.6 is 11.3 Å². The summed E-state index contributed by atoms with van der Waals surface area (Å²) in [6, 6.07) is 8.15. The molecular formula is C19H17F2N3O3S. The van der Waals surface area contributed by atoms with Crippen LogP contribution in [0.2, 0.25) is 0 Å². The van der Waals surface area contributed by atoms with Gasteiger partial charge in [0.2, 0.25) is 5.91 Å². The molecule has 2 amide bonds. The normalized spacial score (nSPS) is 10.7. The molecule has 3 aromatic rings. The highest BCUT2D eigenvalue weighted by Crippen LogP contribution is 2.29. The number of thiazole rings is 1. The van der Waals surface area contributed by atoms with Crippen LogP contribution in [0.3, 0.4) is 0 Å². The topological polar surface area (TPSA) is 80.3 Å². The van der Waals surface area contributed by atoms with E-state index in [1.165, 1.54) is 11.3 Å². The van der Waals surface area contributed by atoms with Crippen molar-refractivity contribution in [1.29, 1.82) is 0 Å². The Morgan fingerprint density at radius 3 is 2.75 bits per heavy atom. The van der Waals surface area contributed by atoms with Crippen LogP contribution in [-0.2, 0) is 4.79 Å². The quantitative estimate of drug-likeness (QED) is 0.628. The lowest BCUT2D eigenvalue weighted by molar-refractivity contribution is -0.116. The predicted molar refractivity (Wildman–Crippen MR) is 103 cm³/mol. The second-order valence-electron chi connectivity index (χ2n) is 5.76. The van der Waals surface area contributed by atoms with E-state index in [1.54, 1.807) is 6.07 Å². The Morgan fingerprint density at radius 2 is 2.00 bits per heavy atom. The molecule has 0 radical (unpaired) electrons. The van der Waals surface area contributed by atoms with Gasteiger partial charge in [-0.3, -0.25) is 9.59 Å². The number of benzene rings is 2. The number of nitrogens with zero attached hydrogens (tertiary/aromatic N) is 1. The van der Waals surface area contributed by atoms with Gasteiger partial charge < -0.3 is 15.4 Å². The van der Waals surface area contributed by atoms with Gasteiger partial charge in [-0.2, -0.15) is 0 Å². The van der Waals surface area contributed by atoms with Gasteiger partial charge in [0.15, 0.2) is 5.13 Å². The van der Waals surface area contributed by atoms with E-state index in [0.29, 0.717) is 17.8 Å². The van der Waals surface area contributed by atoms with E-state index in [0.717, 1.165) is 28.1 Å². The van der Waals surface area contributed by atoms with E-state index in [2.05, 4.69) is 15.6 Å². The monoisotopic (exact) mass is 405 g/mol. The SMILES string of the molecule is CCOc1ccc2nc(NC(=O)CCNC(=O)c3ccc(F)cc3F)sc2c1. The molecule has 0 fully saturated rings. The number of nitrogens with one attached hydrogen (secondary N) is 2. The van der Waals surface area contributed by atoms with Gasteiger partial charge in [-0.05, 0) is 37.3 Å². The van der Waals surface area contributed by atoms with Crippen molar-refractivity contribution >= 4 is 38.5 Å². The number of hydrogen-bond donors (Lipinski definition) is 2. The number of carbonyl (C=O) groups excluding carboxylic acids is 2. The van der Waals surface area contributed by atoms with Crippen molar-refractivity contribution in [3.63, 3.8) is 0 Å². The zero-order valence-corrected chi connectivity index (χ0v) is 15.7. The molecule has 3 rings (SSSR count). The van der Waals surface area contributed by atoms with Gasteiger partial charge >= 0.3 is 0 Å². The number of hydrogen-bond acceptors (Lipinski definition) is 5. The molecule has 0 atom stereocenters. The molecule has 0 bridgehead atoms. The first-order valence-corrected chi connectivity index (χ1v) is 9.34. The van der Waals surface area contributed by atoms with Crippen LogP contribution < -0.4 is 15.4 Å². The number of halogens is 2. The molecule has 0 aliphatic rings. The molecule has 0 unspecified atom stereocenters. The third kappa shape index (κ3) is 4.80. The van der Waals surface area contributed by atoms with Crippen LogP contribution in [0, 0.1) is 11.6 Å². The molecule has 28 heavy (non-hydrogen) atoms. The van der Waals surface area contributed by atoms with Gasteiger partial charge in [0.25, 0.3) is 5.91 Å². The number of carbonyl (C=O) groups is 2. The third-order valence-electron chi connectivity index (χ3n) is 3.73.